The molecule has 95 heavy (non-hydrogen) atoms. The number of unbranched alkanes of at least 4 members (excludes halogenated alkanes) is 39. The van der Waals surface area contributed by atoms with Crippen LogP contribution in [0.2, 0.25) is 0 Å². The van der Waals surface area contributed by atoms with Gasteiger partial charge in [-0.1, -0.05) is 331 Å². The average molecular weight is 1400 g/mol. The molecule has 564 valence electrons. The van der Waals surface area contributed by atoms with E-state index in [0.717, 1.165) is 108 Å². The summed E-state index contributed by atoms with van der Waals surface area (Å²) in [4.78, 5) is 72.7. The Labute approximate surface area is 581 Å². The first-order chi connectivity index (χ1) is 45.6. The number of aliphatic hydroxyl groups excluding tert-OH is 1. The van der Waals surface area contributed by atoms with Gasteiger partial charge in [0.2, 0.25) is 0 Å². The predicted molar refractivity (Wildman–Crippen MR) is 386 cm³/mol. The minimum atomic E-state index is -4.96. The number of hydrogen-bond acceptors (Lipinski definition) is 15. The third-order valence-corrected chi connectivity index (χ3v) is 19.5. The maximum absolute atomic E-state index is 13.1. The summed E-state index contributed by atoms with van der Waals surface area (Å²) >= 11 is 0. The molecule has 5 atom stereocenters. The van der Waals surface area contributed by atoms with Gasteiger partial charge in [0.25, 0.3) is 0 Å². The van der Waals surface area contributed by atoms with Crippen molar-refractivity contribution in [3.63, 3.8) is 0 Å². The van der Waals surface area contributed by atoms with Crippen LogP contribution in [0.3, 0.4) is 0 Å². The van der Waals surface area contributed by atoms with Gasteiger partial charge < -0.3 is 33.8 Å². The minimum Gasteiger partial charge on any atom is -0.462 e. The lowest BCUT2D eigenvalue weighted by atomic mass is 10.0. The SMILES string of the molecule is CC(C)CCCCCCCCCCCCCCCCCCC(=O)O[C@H](COC(=O)CCCCCCCCCCCCCCCCCC(C)C)COP(=O)(O)OC[C@@H](O)COP(=O)(O)OC[C@@H](COC(=O)CCCCCCCCC(C)C)OC(=O)CCCCCCCCC(C)C. The Morgan fingerprint density at radius 1 is 0.263 bits per heavy atom. The van der Waals surface area contributed by atoms with E-state index in [1.165, 1.54) is 180 Å². The topological polar surface area (TPSA) is 237 Å². The Hall–Kier alpha value is -1.94. The maximum atomic E-state index is 13.1. The summed E-state index contributed by atoms with van der Waals surface area (Å²) in [5.74, 6) is 0.837. The number of rotatable bonds is 73. The van der Waals surface area contributed by atoms with Gasteiger partial charge in [0.05, 0.1) is 26.4 Å². The fraction of sp³-hybridized carbons (Fsp3) is 0.947. The van der Waals surface area contributed by atoms with E-state index in [-0.39, 0.29) is 25.7 Å². The first kappa shape index (κ1) is 93.1. The number of aliphatic hydroxyl groups is 1. The summed E-state index contributed by atoms with van der Waals surface area (Å²) in [6, 6.07) is 0. The van der Waals surface area contributed by atoms with E-state index in [1.807, 2.05) is 0 Å². The highest BCUT2D eigenvalue weighted by Gasteiger charge is 2.30. The summed E-state index contributed by atoms with van der Waals surface area (Å²) in [7, 11) is -9.91. The lowest BCUT2D eigenvalue weighted by Gasteiger charge is -2.21. The predicted octanol–water partition coefficient (Wildman–Crippen LogP) is 22.0. The molecule has 19 heteroatoms. The van der Waals surface area contributed by atoms with E-state index < -0.39 is 97.5 Å². The summed E-state index contributed by atoms with van der Waals surface area (Å²) in [6.07, 6.45) is 50.4. The number of ether oxygens (including phenoxy) is 4. The van der Waals surface area contributed by atoms with Crippen LogP contribution in [0, 0.1) is 23.7 Å². The number of carbonyl (C=O) groups is 4. The van der Waals surface area contributed by atoms with Crippen molar-refractivity contribution >= 4 is 39.5 Å². The number of esters is 4. The van der Waals surface area contributed by atoms with Gasteiger partial charge in [-0.25, -0.2) is 9.13 Å². The second kappa shape index (κ2) is 65.4. The second-order valence-corrected chi connectivity index (χ2v) is 32.2. The van der Waals surface area contributed by atoms with Crippen LogP contribution in [-0.2, 0) is 65.4 Å². The summed E-state index contributed by atoms with van der Waals surface area (Å²) in [5.41, 5.74) is 0. The van der Waals surface area contributed by atoms with E-state index in [1.54, 1.807) is 0 Å². The Kier molecular flexibility index (Phi) is 64.0. The van der Waals surface area contributed by atoms with Gasteiger partial charge in [-0.3, -0.25) is 37.3 Å². The van der Waals surface area contributed by atoms with Crippen LogP contribution in [0.15, 0.2) is 0 Å². The first-order valence-corrected chi connectivity index (χ1v) is 42.2. The molecule has 3 N–H and O–H groups in total. The van der Waals surface area contributed by atoms with Crippen LogP contribution in [0.25, 0.3) is 0 Å². The van der Waals surface area contributed by atoms with E-state index in [4.69, 9.17) is 37.0 Å². The molecule has 0 amide bonds. The normalized spacial score (nSPS) is 14.1. The molecule has 0 spiro atoms. The number of phosphoric ester groups is 2. The molecule has 0 aromatic carbocycles. The minimum absolute atomic E-state index is 0.101. The highest BCUT2D eigenvalue weighted by Crippen LogP contribution is 2.45. The van der Waals surface area contributed by atoms with Crippen molar-refractivity contribution in [2.45, 2.75) is 401 Å². The van der Waals surface area contributed by atoms with Gasteiger partial charge in [-0.15, -0.1) is 0 Å². The summed E-state index contributed by atoms with van der Waals surface area (Å²) in [6.45, 7) is 14.1. The second-order valence-electron chi connectivity index (χ2n) is 29.3. The highest BCUT2D eigenvalue weighted by molar-refractivity contribution is 7.47. The van der Waals surface area contributed by atoms with Gasteiger partial charge in [0.15, 0.2) is 12.2 Å². The fourth-order valence-electron chi connectivity index (χ4n) is 11.6. The lowest BCUT2D eigenvalue weighted by molar-refractivity contribution is -0.161. The van der Waals surface area contributed by atoms with Crippen LogP contribution in [0.4, 0.5) is 0 Å². The molecular weight excluding hydrogens is 1250 g/mol. The molecule has 0 fully saturated rings. The molecule has 2 unspecified atom stereocenters. The molecule has 0 aliphatic carbocycles. The third kappa shape index (κ3) is 70.3. The average Bonchev–Trinajstić information content (AvgIpc) is 2.38. The zero-order valence-electron chi connectivity index (χ0n) is 62.3. The lowest BCUT2D eigenvalue weighted by Crippen LogP contribution is -2.30. The smallest absolute Gasteiger partial charge is 0.462 e. The van der Waals surface area contributed by atoms with Crippen LogP contribution in [0.5, 0.6) is 0 Å². The van der Waals surface area contributed by atoms with Crippen molar-refractivity contribution in [1.82, 2.24) is 0 Å². The fourth-order valence-corrected chi connectivity index (χ4v) is 13.1. The maximum Gasteiger partial charge on any atom is 0.472 e. The van der Waals surface area contributed by atoms with Crippen molar-refractivity contribution in [3.8, 4) is 0 Å². The molecule has 0 aromatic heterocycles. The molecule has 0 aliphatic heterocycles. The molecule has 0 radical (unpaired) electrons. The van der Waals surface area contributed by atoms with Crippen LogP contribution in [-0.4, -0.2) is 96.7 Å². The summed E-state index contributed by atoms with van der Waals surface area (Å²) in [5, 5.41) is 10.6. The van der Waals surface area contributed by atoms with E-state index in [9.17, 15) is 43.2 Å². The first-order valence-electron chi connectivity index (χ1n) is 39.2. The molecular formula is C76H148O17P2. The highest BCUT2D eigenvalue weighted by atomic mass is 31.2. The van der Waals surface area contributed by atoms with Crippen molar-refractivity contribution < 1.29 is 80.2 Å². The standard InChI is InChI=1S/C76H148O17P2/c1-66(2)52-44-36-28-24-20-16-12-9-10-14-19-23-27-31-42-50-58-75(80)92-71(62-86-73(78)56-48-40-30-26-22-18-15-11-13-17-21-25-29-37-45-53-67(3)4)64-90-94(82,83)88-60-70(77)61-89-95(84,85)91-65-72(93-76(81)59-51-43-35-33-39-47-55-69(7)8)63-87-74(79)57-49-41-34-32-38-46-54-68(5)6/h66-72,77H,9-65H2,1-8H3,(H,82,83)(H,84,85)/t70-,71-,72-/m1/s1. The largest absolute Gasteiger partial charge is 0.472 e. The van der Waals surface area contributed by atoms with Crippen molar-refractivity contribution in [1.29, 1.82) is 0 Å². The van der Waals surface area contributed by atoms with Gasteiger partial charge in [0, 0.05) is 25.7 Å². The molecule has 0 heterocycles. The van der Waals surface area contributed by atoms with Crippen molar-refractivity contribution in [2.24, 2.45) is 23.7 Å². The van der Waals surface area contributed by atoms with Crippen LogP contribution in [0.1, 0.15) is 383 Å². The zero-order valence-corrected chi connectivity index (χ0v) is 64.1. The van der Waals surface area contributed by atoms with Crippen molar-refractivity contribution in [2.75, 3.05) is 39.6 Å². The Morgan fingerprint density at radius 3 is 0.653 bits per heavy atom. The van der Waals surface area contributed by atoms with E-state index >= 15 is 0 Å². The summed E-state index contributed by atoms with van der Waals surface area (Å²) < 4.78 is 68.4. The molecule has 0 saturated heterocycles. The number of hydrogen-bond donors (Lipinski definition) is 3. The Morgan fingerprint density at radius 2 is 0.442 bits per heavy atom. The van der Waals surface area contributed by atoms with Crippen LogP contribution < -0.4 is 0 Å². The number of phosphoric acid groups is 2. The van der Waals surface area contributed by atoms with E-state index in [0.29, 0.717) is 37.5 Å². The molecule has 17 nitrogen and oxygen atoms in total. The van der Waals surface area contributed by atoms with Gasteiger partial charge in [-0.05, 0) is 49.4 Å². The molecule has 0 saturated carbocycles. The molecule has 0 rings (SSSR count). The third-order valence-electron chi connectivity index (χ3n) is 17.6. The van der Waals surface area contributed by atoms with E-state index in [2.05, 4.69) is 55.4 Å². The number of carbonyl (C=O) groups excluding carboxylic acids is 4. The zero-order chi connectivity index (χ0) is 70.3. The van der Waals surface area contributed by atoms with Gasteiger partial charge in [-0.2, -0.15) is 0 Å². The molecule has 0 aromatic rings. The van der Waals surface area contributed by atoms with Crippen molar-refractivity contribution in [3.05, 3.63) is 0 Å². The van der Waals surface area contributed by atoms with Gasteiger partial charge >= 0.3 is 39.5 Å². The monoisotopic (exact) mass is 1400 g/mol. The van der Waals surface area contributed by atoms with Crippen LogP contribution >= 0.6 is 15.6 Å². The molecule has 0 bridgehead atoms. The Balaban J connectivity index is 5.19. The quantitative estimate of drug-likeness (QED) is 0.0222. The van der Waals surface area contributed by atoms with Gasteiger partial charge in [0.1, 0.15) is 19.3 Å². The Bertz CT molecular complexity index is 1870. The molecule has 0 aliphatic rings.